The molecule has 2 saturated carbocycles. The van der Waals surface area contributed by atoms with E-state index in [1.807, 2.05) is 6.92 Å². The van der Waals surface area contributed by atoms with Crippen LogP contribution in [-0.4, -0.2) is 45.6 Å². The quantitative estimate of drug-likeness (QED) is 0.666. The summed E-state index contributed by atoms with van der Waals surface area (Å²) >= 11 is 0. The number of rotatable bonds is 6. The van der Waals surface area contributed by atoms with Crippen LogP contribution in [0.15, 0.2) is 0 Å². The van der Waals surface area contributed by atoms with Crippen LogP contribution in [0.2, 0.25) is 0 Å². The van der Waals surface area contributed by atoms with Gasteiger partial charge in [-0.2, -0.15) is 0 Å². The Balaban J connectivity index is 2.19. The van der Waals surface area contributed by atoms with Gasteiger partial charge in [-0.25, -0.2) is 9.18 Å². The smallest absolute Gasteiger partial charge is 0.342 e. The molecule has 0 amide bonds. The zero-order valence-electron chi connectivity index (χ0n) is 11.5. The SMILES string of the molecule is CCCC(C)O[C@@H]1C[C@@H]2[C@H]([C@]1(N)C(=O)O)[C@@]2(F)C(=O)O. The lowest BCUT2D eigenvalue weighted by Gasteiger charge is -2.33. The largest absolute Gasteiger partial charge is 0.480 e. The van der Waals surface area contributed by atoms with Crippen molar-refractivity contribution in [1.82, 2.24) is 0 Å². The van der Waals surface area contributed by atoms with Crippen molar-refractivity contribution < 1.29 is 28.9 Å². The first kappa shape index (κ1) is 15.2. The first-order valence-corrected chi connectivity index (χ1v) is 6.80. The van der Waals surface area contributed by atoms with Gasteiger partial charge in [0.2, 0.25) is 5.67 Å². The van der Waals surface area contributed by atoms with Gasteiger partial charge in [-0.1, -0.05) is 13.3 Å². The molecule has 1 unspecified atom stereocenters. The molecule has 7 heteroatoms. The molecule has 0 saturated heterocycles. The number of halogens is 1. The maximum Gasteiger partial charge on any atom is 0.342 e. The van der Waals surface area contributed by atoms with Gasteiger partial charge in [-0.15, -0.1) is 0 Å². The lowest BCUT2D eigenvalue weighted by molar-refractivity contribution is -0.158. The van der Waals surface area contributed by atoms with E-state index in [1.165, 1.54) is 0 Å². The zero-order chi connectivity index (χ0) is 15.3. The van der Waals surface area contributed by atoms with Crippen LogP contribution in [0.4, 0.5) is 4.39 Å². The van der Waals surface area contributed by atoms with Gasteiger partial charge in [0.25, 0.3) is 0 Å². The fourth-order valence-corrected chi connectivity index (χ4v) is 3.52. The maximum atomic E-state index is 14.2. The normalized spacial score (nSPS) is 43.9. The summed E-state index contributed by atoms with van der Waals surface area (Å²) in [6.45, 7) is 3.77. The summed E-state index contributed by atoms with van der Waals surface area (Å²) in [7, 11) is 0. The van der Waals surface area contributed by atoms with Crippen molar-refractivity contribution in [3.8, 4) is 0 Å². The fraction of sp³-hybridized carbons (Fsp3) is 0.846. The Kier molecular flexibility index (Phi) is 3.54. The average molecular weight is 289 g/mol. The molecule has 4 N–H and O–H groups in total. The van der Waals surface area contributed by atoms with Crippen LogP contribution < -0.4 is 5.73 Å². The van der Waals surface area contributed by atoms with Crippen LogP contribution in [0.5, 0.6) is 0 Å². The van der Waals surface area contributed by atoms with Crippen LogP contribution in [0.3, 0.4) is 0 Å². The number of aliphatic carboxylic acids is 2. The van der Waals surface area contributed by atoms with Crippen molar-refractivity contribution in [3.63, 3.8) is 0 Å². The molecule has 0 aromatic heterocycles. The minimum absolute atomic E-state index is 0.0321. The van der Waals surface area contributed by atoms with E-state index in [1.54, 1.807) is 6.92 Å². The van der Waals surface area contributed by atoms with Crippen LogP contribution in [0, 0.1) is 11.8 Å². The summed E-state index contributed by atoms with van der Waals surface area (Å²) in [5, 5.41) is 18.3. The van der Waals surface area contributed by atoms with Gasteiger partial charge in [0, 0.05) is 11.8 Å². The van der Waals surface area contributed by atoms with E-state index in [4.69, 9.17) is 15.6 Å². The molecule has 0 spiro atoms. The summed E-state index contributed by atoms with van der Waals surface area (Å²) in [5.74, 6) is -5.13. The van der Waals surface area contributed by atoms with Gasteiger partial charge in [-0.3, -0.25) is 4.79 Å². The molecule has 2 aliphatic carbocycles. The third kappa shape index (κ3) is 1.83. The van der Waals surface area contributed by atoms with E-state index in [9.17, 15) is 19.1 Å². The molecule has 0 radical (unpaired) electrons. The van der Waals surface area contributed by atoms with Gasteiger partial charge in [-0.05, 0) is 19.8 Å². The second kappa shape index (κ2) is 4.66. The molecule has 0 aromatic rings. The van der Waals surface area contributed by atoms with Crippen molar-refractivity contribution in [3.05, 3.63) is 0 Å². The Morgan fingerprint density at radius 3 is 2.50 bits per heavy atom. The highest BCUT2D eigenvalue weighted by Gasteiger charge is 2.85. The van der Waals surface area contributed by atoms with Crippen LogP contribution in [-0.2, 0) is 14.3 Å². The molecule has 20 heavy (non-hydrogen) atoms. The number of fused-ring (bicyclic) bond motifs is 1. The van der Waals surface area contributed by atoms with Crippen LogP contribution in [0.1, 0.15) is 33.1 Å². The third-order valence-corrected chi connectivity index (χ3v) is 4.59. The number of nitrogens with two attached hydrogens (primary N) is 1. The third-order valence-electron chi connectivity index (χ3n) is 4.59. The topological polar surface area (TPSA) is 110 Å². The average Bonchev–Trinajstić information content (AvgIpc) is 2.81. The van der Waals surface area contributed by atoms with E-state index < -0.39 is 41.1 Å². The summed E-state index contributed by atoms with van der Waals surface area (Å²) in [6, 6.07) is 0. The predicted octanol–water partition coefficient (Wildman–Crippen LogP) is 0.785. The Labute approximate surface area is 116 Å². The van der Waals surface area contributed by atoms with Gasteiger partial charge in [0.05, 0.1) is 12.2 Å². The molecule has 0 aliphatic heterocycles. The standard InChI is InChI=1S/C13H20FNO5/c1-3-4-6(2)20-8-5-7-9(12(7,14)10(16)17)13(8,15)11(18)19/h6-9H,3-5,15H2,1-2H3,(H,16,17)(H,18,19)/t6?,7-,8-,9+,12-,13+/m1/s1. The Morgan fingerprint density at radius 2 is 2.05 bits per heavy atom. The minimum atomic E-state index is -2.53. The van der Waals surface area contributed by atoms with Crippen molar-refractivity contribution >= 4 is 11.9 Å². The molecule has 6 nitrogen and oxygen atoms in total. The highest BCUT2D eigenvalue weighted by molar-refractivity contribution is 5.90. The number of hydrogen-bond donors (Lipinski definition) is 3. The van der Waals surface area contributed by atoms with Crippen LogP contribution >= 0.6 is 0 Å². The second-order valence-corrected chi connectivity index (χ2v) is 5.86. The maximum absolute atomic E-state index is 14.2. The van der Waals surface area contributed by atoms with Gasteiger partial charge < -0.3 is 20.7 Å². The molecule has 2 rings (SSSR count). The van der Waals surface area contributed by atoms with Gasteiger partial charge in [0.15, 0.2) is 0 Å². The monoisotopic (exact) mass is 289 g/mol. The predicted molar refractivity (Wildman–Crippen MR) is 66.9 cm³/mol. The highest BCUT2D eigenvalue weighted by Crippen LogP contribution is 2.67. The number of ether oxygens (including phenoxy) is 1. The summed E-state index contributed by atoms with van der Waals surface area (Å²) in [5.41, 5.74) is 1.36. The molecule has 114 valence electrons. The molecule has 2 fully saturated rings. The fourth-order valence-electron chi connectivity index (χ4n) is 3.52. The molecule has 0 bridgehead atoms. The van der Waals surface area contributed by atoms with Gasteiger partial charge in [0.1, 0.15) is 5.54 Å². The highest BCUT2D eigenvalue weighted by atomic mass is 19.1. The number of hydrogen-bond acceptors (Lipinski definition) is 4. The Morgan fingerprint density at radius 1 is 1.45 bits per heavy atom. The van der Waals surface area contributed by atoms with E-state index in [2.05, 4.69) is 0 Å². The van der Waals surface area contributed by atoms with Crippen molar-refractivity contribution in [2.45, 2.75) is 56.5 Å². The zero-order valence-corrected chi connectivity index (χ0v) is 11.5. The van der Waals surface area contributed by atoms with E-state index >= 15 is 0 Å². The number of carboxylic acids is 2. The first-order chi connectivity index (χ1) is 9.20. The summed E-state index contributed by atoms with van der Waals surface area (Å²) < 4.78 is 19.9. The molecule has 0 aromatic carbocycles. The molecule has 6 atom stereocenters. The first-order valence-electron chi connectivity index (χ1n) is 6.80. The second-order valence-electron chi connectivity index (χ2n) is 5.86. The van der Waals surface area contributed by atoms with Crippen molar-refractivity contribution in [2.24, 2.45) is 17.6 Å². The minimum Gasteiger partial charge on any atom is -0.480 e. The van der Waals surface area contributed by atoms with E-state index in [-0.39, 0.29) is 12.5 Å². The Hall–Kier alpha value is -1.21. The number of carbonyl (C=O) groups is 2. The summed E-state index contributed by atoms with van der Waals surface area (Å²) in [4.78, 5) is 22.4. The van der Waals surface area contributed by atoms with Gasteiger partial charge >= 0.3 is 11.9 Å². The van der Waals surface area contributed by atoms with E-state index in [0.717, 1.165) is 12.8 Å². The van der Waals surface area contributed by atoms with E-state index in [0.29, 0.717) is 0 Å². The van der Waals surface area contributed by atoms with Crippen molar-refractivity contribution in [2.75, 3.05) is 0 Å². The molecular weight excluding hydrogens is 269 g/mol. The lowest BCUT2D eigenvalue weighted by atomic mass is 9.87. The molecule has 0 heterocycles. The lowest BCUT2D eigenvalue weighted by Crippen LogP contribution is -2.61. The Bertz CT molecular complexity index is 444. The molecule has 2 aliphatic rings. The number of carboxylic acid groups (broad SMARTS) is 2. The van der Waals surface area contributed by atoms with Crippen molar-refractivity contribution in [1.29, 1.82) is 0 Å². The van der Waals surface area contributed by atoms with Crippen LogP contribution in [0.25, 0.3) is 0 Å². The summed E-state index contributed by atoms with van der Waals surface area (Å²) in [6.07, 6.45) is 0.599. The molecular formula is C13H20FNO5. The number of alkyl halides is 1.